The maximum absolute atomic E-state index is 12.2. The molecule has 8 heteroatoms. The lowest BCUT2D eigenvalue weighted by Gasteiger charge is -2.10. The van der Waals surface area contributed by atoms with Gasteiger partial charge in [-0.1, -0.05) is 0 Å². The molecule has 2 aromatic rings. The molecule has 0 aliphatic rings. The lowest BCUT2D eigenvalue weighted by Crippen LogP contribution is -2.25. The Kier molecular flexibility index (Phi) is 3.98. The number of aromatic carboxylic acids is 1. The van der Waals surface area contributed by atoms with Crippen molar-refractivity contribution in [2.24, 2.45) is 0 Å². The second-order valence-electron chi connectivity index (χ2n) is 4.24. The van der Waals surface area contributed by atoms with Gasteiger partial charge in [0.1, 0.15) is 14.8 Å². The van der Waals surface area contributed by atoms with Crippen molar-refractivity contribution in [1.29, 1.82) is 0 Å². The molecule has 108 valence electrons. The summed E-state index contributed by atoms with van der Waals surface area (Å²) >= 11 is 0.733. The van der Waals surface area contributed by atoms with Gasteiger partial charge in [0.25, 0.3) is 10.0 Å². The second-order valence-corrected chi connectivity index (χ2v) is 7.23. The van der Waals surface area contributed by atoms with E-state index in [2.05, 4.69) is 4.72 Å². The number of nitrogens with one attached hydrogen (secondary N) is 1. The van der Waals surface area contributed by atoms with Crippen LogP contribution in [0.4, 0.5) is 0 Å². The lowest BCUT2D eigenvalue weighted by atomic mass is 10.3. The van der Waals surface area contributed by atoms with Crippen molar-refractivity contribution < 1.29 is 22.7 Å². The Morgan fingerprint density at radius 1 is 1.50 bits per heavy atom. The van der Waals surface area contributed by atoms with Crippen molar-refractivity contribution >= 4 is 27.3 Å². The van der Waals surface area contributed by atoms with Crippen molar-refractivity contribution in [3.63, 3.8) is 0 Å². The fraction of sp³-hybridized carbons (Fsp3) is 0.250. The monoisotopic (exact) mass is 315 g/mol. The second kappa shape index (κ2) is 5.39. The minimum Gasteiger partial charge on any atom is -0.477 e. The van der Waals surface area contributed by atoms with E-state index in [9.17, 15) is 13.2 Å². The largest absolute Gasteiger partial charge is 0.477 e. The van der Waals surface area contributed by atoms with Crippen LogP contribution in [-0.2, 0) is 10.0 Å². The average Bonchev–Trinajstić information content (AvgIpc) is 2.96. The summed E-state index contributed by atoms with van der Waals surface area (Å²) in [5.74, 6) is -0.645. The van der Waals surface area contributed by atoms with Crippen LogP contribution < -0.4 is 4.72 Å². The van der Waals surface area contributed by atoms with Crippen LogP contribution >= 0.6 is 11.3 Å². The SMILES string of the molecule is Cc1cc(S(=O)(=O)N[C@@H](C)c2ccco2)sc1C(=O)O. The molecule has 20 heavy (non-hydrogen) atoms. The summed E-state index contributed by atoms with van der Waals surface area (Å²) in [6.45, 7) is 3.21. The van der Waals surface area contributed by atoms with Crippen molar-refractivity contribution in [3.05, 3.63) is 40.7 Å². The Bertz CT molecular complexity index is 715. The Labute approximate surface area is 120 Å². The van der Waals surface area contributed by atoms with Gasteiger partial charge in [-0.2, -0.15) is 0 Å². The van der Waals surface area contributed by atoms with Crippen LogP contribution in [-0.4, -0.2) is 19.5 Å². The van der Waals surface area contributed by atoms with Gasteiger partial charge in [0.2, 0.25) is 0 Å². The number of rotatable bonds is 5. The van der Waals surface area contributed by atoms with Gasteiger partial charge >= 0.3 is 5.97 Å². The van der Waals surface area contributed by atoms with E-state index in [0.717, 1.165) is 11.3 Å². The molecule has 0 bridgehead atoms. The normalized spacial score (nSPS) is 13.3. The highest BCUT2D eigenvalue weighted by atomic mass is 32.2. The molecule has 2 rings (SSSR count). The summed E-state index contributed by atoms with van der Waals surface area (Å²) in [5, 5.41) is 8.96. The fourth-order valence-corrected chi connectivity index (χ4v) is 4.29. The van der Waals surface area contributed by atoms with Gasteiger partial charge in [-0.15, -0.1) is 11.3 Å². The Hall–Kier alpha value is -1.64. The molecule has 1 atom stereocenters. The molecule has 0 spiro atoms. The summed E-state index contributed by atoms with van der Waals surface area (Å²) in [6, 6.07) is 4.14. The molecule has 0 fully saturated rings. The third-order valence-electron chi connectivity index (χ3n) is 2.66. The molecular formula is C12H13NO5S2. The predicted molar refractivity (Wildman–Crippen MR) is 73.5 cm³/mol. The summed E-state index contributed by atoms with van der Waals surface area (Å²) in [7, 11) is -3.78. The number of thiophene rings is 1. The quantitative estimate of drug-likeness (QED) is 0.883. The first-order valence-corrected chi connectivity index (χ1v) is 8.00. The summed E-state index contributed by atoms with van der Waals surface area (Å²) in [6.07, 6.45) is 1.46. The highest BCUT2D eigenvalue weighted by Gasteiger charge is 2.24. The highest BCUT2D eigenvalue weighted by Crippen LogP contribution is 2.27. The first kappa shape index (κ1) is 14.8. The van der Waals surface area contributed by atoms with Gasteiger partial charge in [0.15, 0.2) is 0 Å². The molecule has 6 nitrogen and oxygen atoms in total. The zero-order valence-corrected chi connectivity index (χ0v) is 12.4. The molecule has 0 saturated heterocycles. The number of hydrogen-bond donors (Lipinski definition) is 2. The Morgan fingerprint density at radius 3 is 2.70 bits per heavy atom. The van der Waals surface area contributed by atoms with Crippen molar-refractivity contribution in [2.75, 3.05) is 0 Å². The van der Waals surface area contributed by atoms with Crippen LogP contribution in [0.1, 0.15) is 34.0 Å². The van der Waals surface area contributed by atoms with E-state index in [4.69, 9.17) is 9.52 Å². The van der Waals surface area contributed by atoms with Crippen LogP contribution in [0.25, 0.3) is 0 Å². The molecule has 2 heterocycles. The van der Waals surface area contributed by atoms with Crippen molar-refractivity contribution in [1.82, 2.24) is 4.72 Å². The van der Waals surface area contributed by atoms with Crippen LogP contribution in [0.2, 0.25) is 0 Å². The standard InChI is InChI=1S/C12H13NO5S2/c1-7-6-10(19-11(7)12(14)15)20(16,17)13-8(2)9-4-3-5-18-9/h3-6,8,13H,1-2H3,(H,14,15)/t8-/m0/s1. The zero-order chi connectivity index (χ0) is 14.9. The first-order chi connectivity index (χ1) is 9.31. The predicted octanol–water partition coefficient (Wildman–Crippen LogP) is 2.39. The van der Waals surface area contributed by atoms with Crippen LogP contribution in [0.3, 0.4) is 0 Å². The number of carboxylic acid groups (broad SMARTS) is 1. The third kappa shape index (κ3) is 2.92. The zero-order valence-electron chi connectivity index (χ0n) is 10.8. The minimum absolute atomic E-state index is 0.0224. The molecule has 0 aliphatic heterocycles. The van der Waals surface area contributed by atoms with Crippen LogP contribution in [0.5, 0.6) is 0 Å². The number of furan rings is 1. The van der Waals surface area contributed by atoms with Crippen LogP contribution in [0, 0.1) is 6.92 Å². The molecule has 0 aliphatic carbocycles. The van der Waals surface area contributed by atoms with E-state index in [1.165, 1.54) is 12.3 Å². The van der Waals surface area contributed by atoms with Crippen molar-refractivity contribution in [3.8, 4) is 0 Å². The molecule has 0 unspecified atom stereocenters. The van der Waals surface area contributed by atoms with E-state index in [-0.39, 0.29) is 9.09 Å². The lowest BCUT2D eigenvalue weighted by molar-refractivity contribution is 0.0701. The Balaban J connectivity index is 2.27. The van der Waals surface area contributed by atoms with E-state index in [1.807, 2.05) is 0 Å². The van der Waals surface area contributed by atoms with E-state index in [1.54, 1.807) is 26.0 Å². The van der Waals surface area contributed by atoms with E-state index in [0.29, 0.717) is 11.3 Å². The smallest absolute Gasteiger partial charge is 0.346 e. The topological polar surface area (TPSA) is 96.6 Å². The summed E-state index contributed by atoms with van der Waals surface area (Å²) < 4.78 is 31.9. The average molecular weight is 315 g/mol. The van der Waals surface area contributed by atoms with Gasteiger partial charge in [-0.3, -0.25) is 0 Å². The third-order valence-corrected chi connectivity index (χ3v) is 5.90. The fourth-order valence-electron chi connectivity index (χ4n) is 1.68. The van der Waals surface area contributed by atoms with Gasteiger partial charge in [0.05, 0.1) is 12.3 Å². The van der Waals surface area contributed by atoms with Gasteiger partial charge in [0, 0.05) is 0 Å². The van der Waals surface area contributed by atoms with Gasteiger partial charge in [-0.05, 0) is 37.6 Å². The maximum Gasteiger partial charge on any atom is 0.346 e. The molecular weight excluding hydrogens is 302 g/mol. The van der Waals surface area contributed by atoms with Crippen LogP contribution in [0.15, 0.2) is 33.1 Å². The summed E-state index contributed by atoms with van der Waals surface area (Å²) in [5.41, 5.74) is 0.425. The number of carbonyl (C=O) groups is 1. The maximum atomic E-state index is 12.2. The molecule has 0 saturated carbocycles. The van der Waals surface area contributed by atoms with Gasteiger partial charge < -0.3 is 9.52 Å². The minimum atomic E-state index is -3.78. The Morgan fingerprint density at radius 2 is 2.20 bits per heavy atom. The van der Waals surface area contributed by atoms with Gasteiger partial charge in [-0.25, -0.2) is 17.9 Å². The first-order valence-electron chi connectivity index (χ1n) is 5.70. The summed E-state index contributed by atoms with van der Waals surface area (Å²) in [4.78, 5) is 11.0. The molecule has 0 amide bonds. The molecule has 2 aromatic heterocycles. The number of carboxylic acids is 1. The number of aryl methyl sites for hydroxylation is 1. The van der Waals surface area contributed by atoms with E-state index < -0.39 is 22.0 Å². The van der Waals surface area contributed by atoms with E-state index >= 15 is 0 Å². The highest BCUT2D eigenvalue weighted by molar-refractivity contribution is 7.91. The number of sulfonamides is 1. The molecule has 0 radical (unpaired) electrons. The molecule has 2 N–H and O–H groups in total. The number of hydrogen-bond acceptors (Lipinski definition) is 5. The molecule has 0 aromatic carbocycles. The van der Waals surface area contributed by atoms with Crippen molar-refractivity contribution in [2.45, 2.75) is 24.1 Å².